The maximum absolute atomic E-state index is 12.2. The van der Waals surface area contributed by atoms with Gasteiger partial charge in [0.25, 0.3) is 0 Å². The number of hydrogen-bond donors (Lipinski definition) is 2. The van der Waals surface area contributed by atoms with E-state index in [2.05, 4.69) is 20.5 Å². The molecule has 4 rings (SSSR count). The Labute approximate surface area is 187 Å². The van der Waals surface area contributed by atoms with Crippen molar-refractivity contribution in [3.63, 3.8) is 0 Å². The Morgan fingerprint density at radius 1 is 1.10 bits per heavy atom. The summed E-state index contributed by atoms with van der Waals surface area (Å²) in [5.41, 5.74) is 2.59. The predicted molar refractivity (Wildman–Crippen MR) is 123 cm³/mol. The van der Waals surface area contributed by atoms with E-state index in [1.807, 2.05) is 66.0 Å². The van der Waals surface area contributed by atoms with Gasteiger partial charge in [-0.25, -0.2) is 14.9 Å². The molecule has 9 heteroatoms. The molecule has 0 aliphatic rings. The maximum atomic E-state index is 12.2. The zero-order valence-electron chi connectivity index (χ0n) is 16.7. The smallest absolute Gasteiger partial charge is 0.326 e. The number of amides is 1. The number of aryl methyl sites for hydroxylation is 1. The highest BCUT2D eigenvalue weighted by molar-refractivity contribution is 7.98. The van der Waals surface area contributed by atoms with Crippen LogP contribution in [0.25, 0.3) is 0 Å². The summed E-state index contributed by atoms with van der Waals surface area (Å²) >= 11 is 2.91. The molecule has 0 aliphatic carbocycles. The number of anilines is 1. The molecule has 0 fully saturated rings. The molecule has 2 aromatic heterocycles. The minimum atomic E-state index is -0.213. The average Bonchev–Trinajstić information content (AvgIpc) is 3.38. The van der Waals surface area contributed by atoms with Crippen LogP contribution in [0.1, 0.15) is 16.3 Å². The van der Waals surface area contributed by atoms with E-state index in [9.17, 15) is 9.59 Å². The Hall–Kier alpha value is -3.17. The Morgan fingerprint density at radius 3 is 2.61 bits per heavy atom. The largest absolute Gasteiger partial charge is 0.343 e. The fourth-order valence-corrected chi connectivity index (χ4v) is 4.76. The summed E-state index contributed by atoms with van der Waals surface area (Å²) in [6, 6.07) is 19.4. The molecule has 4 aromatic rings. The van der Waals surface area contributed by atoms with Crippen LogP contribution in [0, 0.1) is 0 Å². The molecule has 0 radical (unpaired) electrons. The second-order valence-electron chi connectivity index (χ2n) is 6.81. The Balaban J connectivity index is 1.31. The quantitative estimate of drug-likeness (QED) is 0.378. The molecule has 0 saturated heterocycles. The van der Waals surface area contributed by atoms with E-state index in [0.29, 0.717) is 17.5 Å². The molecular formula is C22H21N5O2S2. The summed E-state index contributed by atoms with van der Waals surface area (Å²) in [6.07, 6.45) is 0.986. The van der Waals surface area contributed by atoms with Gasteiger partial charge in [0.15, 0.2) is 5.16 Å². The monoisotopic (exact) mass is 451 g/mol. The molecular weight excluding hydrogens is 430 g/mol. The number of para-hydroxylation sites is 1. The fraction of sp³-hybridized carbons (Fsp3) is 0.182. The van der Waals surface area contributed by atoms with Crippen LogP contribution in [-0.4, -0.2) is 25.7 Å². The van der Waals surface area contributed by atoms with Gasteiger partial charge in [-0.05, 0) is 24.1 Å². The molecule has 0 atom stereocenters. The molecule has 0 spiro atoms. The number of H-pyrrole nitrogens is 1. The molecule has 2 N–H and O–H groups in total. The van der Waals surface area contributed by atoms with Crippen LogP contribution in [0.3, 0.4) is 0 Å². The number of benzene rings is 2. The van der Waals surface area contributed by atoms with Crippen LogP contribution in [0.5, 0.6) is 0 Å². The number of thioether (sulfide) groups is 1. The third kappa shape index (κ3) is 5.93. The zero-order chi connectivity index (χ0) is 21.5. The summed E-state index contributed by atoms with van der Waals surface area (Å²) in [4.78, 5) is 28.9. The lowest BCUT2D eigenvalue weighted by atomic mass is 10.1. The van der Waals surface area contributed by atoms with Crippen LogP contribution >= 0.6 is 23.1 Å². The van der Waals surface area contributed by atoms with Gasteiger partial charge >= 0.3 is 5.69 Å². The first kappa shape index (κ1) is 21.1. The standard InChI is InChI=1S/C22H21N5O2S2/c28-19(23-17-9-5-2-6-10-17)13-20-24-18(14-30-20)15-31-22-26-25-21(29)27(22)12-11-16-7-3-1-4-8-16/h1-10,14H,11-13,15H2,(H,23,28)(H,25,29). The molecule has 0 saturated carbocycles. The van der Waals surface area contributed by atoms with Crippen LogP contribution in [-0.2, 0) is 29.9 Å². The first-order chi connectivity index (χ1) is 15.2. The van der Waals surface area contributed by atoms with Crippen molar-refractivity contribution < 1.29 is 4.79 Å². The number of rotatable bonds is 9. The highest BCUT2D eigenvalue weighted by atomic mass is 32.2. The van der Waals surface area contributed by atoms with Crippen molar-refractivity contribution in [2.24, 2.45) is 0 Å². The van der Waals surface area contributed by atoms with Crippen LogP contribution in [0.2, 0.25) is 0 Å². The van der Waals surface area contributed by atoms with Gasteiger partial charge in [0.2, 0.25) is 5.91 Å². The molecule has 31 heavy (non-hydrogen) atoms. The molecule has 0 unspecified atom stereocenters. The first-order valence-electron chi connectivity index (χ1n) is 9.77. The van der Waals surface area contributed by atoms with Crippen molar-refractivity contribution in [1.29, 1.82) is 0 Å². The lowest BCUT2D eigenvalue weighted by molar-refractivity contribution is -0.115. The first-order valence-corrected chi connectivity index (χ1v) is 11.6. The van der Waals surface area contributed by atoms with E-state index in [-0.39, 0.29) is 18.0 Å². The minimum absolute atomic E-state index is 0.0956. The summed E-state index contributed by atoms with van der Waals surface area (Å²) in [7, 11) is 0. The van der Waals surface area contributed by atoms with Gasteiger partial charge < -0.3 is 5.32 Å². The molecule has 2 aromatic carbocycles. The van der Waals surface area contributed by atoms with Crippen molar-refractivity contribution in [2.45, 2.75) is 30.3 Å². The Bertz CT molecular complexity index is 1190. The summed E-state index contributed by atoms with van der Waals surface area (Å²) < 4.78 is 1.65. The van der Waals surface area contributed by atoms with Gasteiger partial charge in [0.1, 0.15) is 5.01 Å². The van der Waals surface area contributed by atoms with Gasteiger partial charge in [-0.1, -0.05) is 60.3 Å². The maximum Gasteiger partial charge on any atom is 0.343 e. The molecule has 1 amide bonds. The number of nitrogens with zero attached hydrogens (tertiary/aromatic N) is 3. The van der Waals surface area contributed by atoms with E-state index in [1.165, 1.54) is 28.7 Å². The second-order valence-corrected chi connectivity index (χ2v) is 8.70. The lowest BCUT2D eigenvalue weighted by Crippen LogP contribution is -2.18. The number of nitrogens with one attached hydrogen (secondary N) is 2. The molecule has 7 nitrogen and oxygen atoms in total. The molecule has 0 bridgehead atoms. The summed E-state index contributed by atoms with van der Waals surface area (Å²) in [5, 5.41) is 12.9. The number of aromatic nitrogens is 4. The molecule has 0 aliphatic heterocycles. The van der Waals surface area contributed by atoms with Crippen molar-refractivity contribution in [3.8, 4) is 0 Å². The minimum Gasteiger partial charge on any atom is -0.326 e. The summed E-state index contributed by atoms with van der Waals surface area (Å²) in [5.74, 6) is 0.480. The van der Waals surface area contributed by atoms with Crippen LogP contribution < -0.4 is 11.0 Å². The zero-order valence-corrected chi connectivity index (χ0v) is 18.3. The molecule has 2 heterocycles. The van der Waals surface area contributed by atoms with Gasteiger partial charge in [0, 0.05) is 23.4 Å². The van der Waals surface area contributed by atoms with Gasteiger partial charge in [-0.3, -0.25) is 9.36 Å². The van der Waals surface area contributed by atoms with E-state index in [0.717, 1.165) is 22.8 Å². The third-order valence-corrected chi connectivity index (χ3v) is 6.42. The van der Waals surface area contributed by atoms with Crippen molar-refractivity contribution in [3.05, 3.63) is 92.8 Å². The van der Waals surface area contributed by atoms with Crippen molar-refractivity contribution >= 4 is 34.7 Å². The highest BCUT2D eigenvalue weighted by Gasteiger charge is 2.12. The van der Waals surface area contributed by atoms with Crippen LogP contribution in [0.15, 0.2) is 76.0 Å². The Morgan fingerprint density at radius 2 is 1.84 bits per heavy atom. The second kappa shape index (κ2) is 10.2. The molecule has 158 valence electrons. The number of carbonyl (C=O) groups is 1. The number of hydrogen-bond acceptors (Lipinski definition) is 6. The predicted octanol–water partition coefficient (Wildman–Crippen LogP) is 3.74. The summed E-state index contributed by atoms with van der Waals surface area (Å²) in [6.45, 7) is 0.559. The lowest BCUT2D eigenvalue weighted by Gasteiger charge is -2.05. The number of thiazole rings is 1. The van der Waals surface area contributed by atoms with E-state index in [1.54, 1.807) is 4.57 Å². The topological polar surface area (TPSA) is 92.7 Å². The van der Waals surface area contributed by atoms with Crippen molar-refractivity contribution in [1.82, 2.24) is 19.7 Å². The third-order valence-electron chi connectivity index (χ3n) is 4.51. The van der Waals surface area contributed by atoms with E-state index in [4.69, 9.17) is 0 Å². The number of aromatic amines is 1. The normalized spacial score (nSPS) is 10.8. The van der Waals surface area contributed by atoms with Gasteiger partial charge in [0.05, 0.1) is 12.1 Å². The average molecular weight is 452 g/mol. The fourth-order valence-electron chi connectivity index (χ4n) is 3.00. The van der Waals surface area contributed by atoms with Gasteiger partial charge in [-0.2, -0.15) is 0 Å². The van der Waals surface area contributed by atoms with E-state index < -0.39 is 0 Å². The Kier molecular flexibility index (Phi) is 6.96. The number of carbonyl (C=O) groups excluding carboxylic acids is 1. The van der Waals surface area contributed by atoms with E-state index >= 15 is 0 Å². The van der Waals surface area contributed by atoms with Gasteiger partial charge in [-0.15, -0.1) is 16.4 Å². The van der Waals surface area contributed by atoms with Crippen molar-refractivity contribution in [2.75, 3.05) is 5.32 Å². The SMILES string of the molecule is O=C(Cc1nc(CSc2n[nH]c(=O)n2CCc2ccccc2)cs1)Nc1ccccc1. The van der Waals surface area contributed by atoms with Crippen LogP contribution in [0.4, 0.5) is 5.69 Å². The highest BCUT2D eigenvalue weighted by Crippen LogP contribution is 2.22.